The summed E-state index contributed by atoms with van der Waals surface area (Å²) < 4.78 is 2.44. The van der Waals surface area contributed by atoms with Gasteiger partial charge in [-0.2, -0.15) is 0 Å². The number of nitrogens with zero attached hydrogens (tertiary/aromatic N) is 3. The molecule has 3 atom stereocenters. The second-order valence-corrected chi connectivity index (χ2v) is 5.88. The lowest BCUT2D eigenvalue weighted by Crippen LogP contribution is -2.39. The molecule has 2 aliphatic heterocycles. The fourth-order valence-electron chi connectivity index (χ4n) is 3.34. The summed E-state index contributed by atoms with van der Waals surface area (Å²) in [6.45, 7) is 4.68. The molecule has 18 heavy (non-hydrogen) atoms. The number of piperidine rings is 1. The molecule has 0 saturated carbocycles. The highest BCUT2D eigenvalue weighted by molar-refractivity contribution is 5.09. The van der Waals surface area contributed by atoms with E-state index in [9.17, 15) is 0 Å². The molecule has 0 aliphatic carbocycles. The summed E-state index contributed by atoms with van der Waals surface area (Å²) in [5, 5.41) is 3.59. The van der Waals surface area contributed by atoms with Crippen LogP contribution in [0.25, 0.3) is 0 Å². The predicted molar refractivity (Wildman–Crippen MR) is 72.6 cm³/mol. The van der Waals surface area contributed by atoms with E-state index in [2.05, 4.69) is 39.9 Å². The van der Waals surface area contributed by atoms with Crippen molar-refractivity contribution in [3.05, 3.63) is 18.2 Å². The number of aromatic nitrogens is 2. The topological polar surface area (TPSA) is 33.1 Å². The molecular weight excluding hydrogens is 224 g/mol. The fraction of sp³-hybridized carbons (Fsp3) is 0.786. The van der Waals surface area contributed by atoms with Crippen molar-refractivity contribution in [3.63, 3.8) is 0 Å². The van der Waals surface area contributed by atoms with Gasteiger partial charge in [0, 0.05) is 30.9 Å². The molecule has 4 heteroatoms. The standard InChI is InChI=1S/C14H24N4/c1-11-8-12(5-7-17(11)2)18-10-15-9-14(18)13-4-3-6-16-13/h9-13,16H,3-8H2,1-2H3. The lowest BCUT2D eigenvalue weighted by Gasteiger charge is -2.36. The van der Waals surface area contributed by atoms with Gasteiger partial charge in [-0.1, -0.05) is 0 Å². The third kappa shape index (κ3) is 2.19. The van der Waals surface area contributed by atoms with Gasteiger partial charge in [0.2, 0.25) is 0 Å². The van der Waals surface area contributed by atoms with Gasteiger partial charge in [-0.3, -0.25) is 0 Å². The van der Waals surface area contributed by atoms with Crippen molar-refractivity contribution in [1.82, 2.24) is 19.8 Å². The van der Waals surface area contributed by atoms with Crippen LogP contribution in [0, 0.1) is 0 Å². The van der Waals surface area contributed by atoms with Crippen molar-refractivity contribution < 1.29 is 0 Å². The summed E-state index contributed by atoms with van der Waals surface area (Å²) in [6.07, 6.45) is 9.14. The summed E-state index contributed by atoms with van der Waals surface area (Å²) in [5.41, 5.74) is 1.40. The molecule has 0 bridgehead atoms. The molecule has 3 unspecified atom stereocenters. The Morgan fingerprint density at radius 1 is 1.39 bits per heavy atom. The third-order valence-corrected chi connectivity index (χ3v) is 4.69. The molecule has 0 radical (unpaired) electrons. The van der Waals surface area contributed by atoms with Crippen LogP contribution in [0.5, 0.6) is 0 Å². The van der Waals surface area contributed by atoms with Crippen LogP contribution >= 0.6 is 0 Å². The maximum absolute atomic E-state index is 4.40. The van der Waals surface area contributed by atoms with Gasteiger partial charge in [0.25, 0.3) is 0 Å². The molecule has 2 aliphatic rings. The summed E-state index contributed by atoms with van der Waals surface area (Å²) in [5.74, 6) is 0. The molecule has 1 aromatic heterocycles. The average molecular weight is 248 g/mol. The minimum atomic E-state index is 0.530. The van der Waals surface area contributed by atoms with Crippen LogP contribution < -0.4 is 5.32 Å². The van der Waals surface area contributed by atoms with E-state index in [0.717, 1.165) is 6.54 Å². The second kappa shape index (κ2) is 5.02. The Balaban J connectivity index is 1.78. The molecule has 0 aromatic carbocycles. The van der Waals surface area contributed by atoms with E-state index in [1.165, 1.54) is 37.9 Å². The van der Waals surface area contributed by atoms with Crippen LogP contribution in [-0.2, 0) is 0 Å². The highest BCUT2D eigenvalue weighted by Crippen LogP contribution is 2.31. The SMILES string of the molecule is CC1CC(n2cncc2C2CCCN2)CCN1C. The Bertz CT molecular complexity index is 394. The lowest BCUT2D eigenvalue weighted by molar-refractivity contribution is 0.154. The van der Waals surface area contributed by atoms with Crippen molar-refractivity contribution in [3.8, 4) is 0 Å². The first-order valence-corrected chi connectivity index (χ1v) is 7.21. The Hall–Kier alpha value is -0.870. The Kier molecular flexibility index (Phi) is 3.39. The smallest absolute Gasteiger partial charge is 0.0951 e. The van der Waals surface area contributed by atoms with E-state index < -0.39 is 0 Å². The van der Waals surface area contributed by atoms with Crippen LogP contribution in [-0.4, -0.2) is 40.6 Å². The highest BCUT2D eigenvalue weighted by Gasteiger charge is 2.27. The maximum atomic E-state index is 4.40. The van der Waals surface area contributed by atoms with E-state index >= 15 is 0 Å². The Labute approximate surface area is 109 Å². The summed E-state index contributed by atoms with van der Waals surface area (Å²) >= 11 is 0. The lowest BCUT2D eigenvalue weighted by atomic mass is 9.98. The van der Waals surface area contributed by atoms with E-state index in [4.69, 9.17) is 0 Å². The van der Waals surface area contributed by atoms with E-state index in [-0.39, 0.29) is 0 Å². The monoisotopic (exact) mass is 248 g/mol. The molecule has 3 rings (SSSR count). The largest absolute Gasteiger partial charge is 0.330 e. The van der Waals surface area contributed by atoms with Crippen LogP contribution in [0.2, 0.25) is 0 Å². The number of hydrogen-bond acceptors (Lipinski definition) is 3. The highest BCUT2D eigenvalue weighted by atomic mass is 15.2. The Morgan fingerprint density at radius 2 is 2.28 bits per heavy atom. The number of nitrogens with one attached hydrogen (secondary N) is 1. The van der Waals surface area contributed by atoms with Gasteiger partial charge in [-0.15, -0.1) is 0 Å². The molecular formula is C14H24N4. The van der Waals surface area contributed by atoms with Crippen LogP contribution in [0.4, 0.5) is 0 Å². The van der Waals surface area contributed by atoms with Gasteiger partial charge in [-0.25, -0.2) is 4.98 Å². The molecule has 2 fully saturated rings. The molecule has 4 nitrogen and oxygen atoms in total. The van der Waals surface area contributed by atoms with E-state index in [1.807, 2.05) is 6.33 Å². The van der Waals surface area contributed by atoms with Gasteiger partial charge in [-0.05, 0) is 46.2 Å². The molecule has 100 valence electrons. The molecule has 2 saturated heterocycles. The van der Waals surface area contributed by atoms with Gasteiger partial charge >= 0.3 is 0 Å². The van der Waals surface area contributed by atoms with Crippen LogP contribution in [0.15, 0.2) is 12.5 Å². The summed E-state index contributed by atoms with van der Waals surface area (Å²) in [7, 11) is 2.23. The van der Waals surface area contributed by atoms with Crippen LogP contribution in [0.3, 0.4) is 0 Å². The normalized spacial score (nSPS) is 34.0. The number of likely N-dealkylation sites (tertiary alicyclic amines) is 1. The van der Waals surface area contributed by atoms with Crippen molar-refractivity contribution in [1.29, 1.82) is 0 Å². The Morgan fingerprint density at radius 3 is 3.00 bits per heavy atom. The molecule has 0 spiro atoms. The van der Waals surface area contributed by atoms with Crippen molar-refractivity contribution in [2.24, 2.45) is 0 Å². The number of imidazole rings is 1. The van der Waals surface area contributed by atoms with Gasteiger partial charge in [0.05, 0.1) is 12.0 Å². The maximum Gasteiger partial charge on any atom is 0.0951 e. The predicted octanol–water partition coefficient (Wildman–Crippen LogP) is 1.96. The molecule has 3 heterocycles. The first kappa shape index (κ1) is 12.2. The minimum Gasteiger partial charge on any atom is -0.330 e. The third-order valence-electron chi connectivity index (χ3n) is 4.69. The van der Waals surface area contributed by atoms with E-state index in [0.29, 0.717) is 18.1 Å². The first-order valence-electron chi connectivity index (χ1n) is 7.21. The van der Waals surface area contributed by atoms with Gasteiger partial charge < -0.3 is 14.8 Å². The number of hydrogen-bond donors (Lipinski definition) is 1. The molecule has 1 aromatic rings. The van der Waals surface area contributed by atoms with Gasteiger partial charge in [0.1, 0.15) is 0 Å². The minimum absolute atomic E-state index is 0.530. The van der Waals surface area contributed by atoms with Gasteiger partial charge in [0.15, 0.2) is 0 Å². The zero-order chi connectivity index (χ0) is 12.5. The van der Waals surface area contributed by atoms with Crippen molar-refractivity contribution in [2.45, 2.75) is 50.7 Å². The van der Waals surface area contributed by atoms with E-state index in [1.54, 1.807) is 0 Å². The van der Waals surface area contributed by atoms with Crippen LogP contribution in [0.1, 0.15) is 50.4 Å². The second-order valence-electron chi connectivity index (χ2n) is 5.88. The van der Waals surface area contributed by atoms with Crippen molar-refractivity contribution in [2.75, 3.05) is 20.1 Å². The molecule has 1 N–H and O–H groups in total. The quantitative estimate of drug-likeness (QED) is 0.868. The summed E-state index contributed by atoms with van der Waals surface area (Å²) in [4.78, 5) is 6.85. The first-order chi connectivity index (χ1) is 8.75. The van der Waals surface area contributed by atoms with Crippen molar-refractivity contribution >= 4 is 0 Å². The number of rotatable bonds is 2. The molecule has 0 amide bonds. The fourth-order valence-corrected chi connectivity index (χ4v) is 3.34. The summed E-state index contributed by atoms with van der Waals surface area (Å²) in [6, 6.07) is 1.84. The zero-order valence-corrected chi connectivity index (χ0v) is 11.5. The zero-order valence-electron chi connectivity index (χ0n) is 11.5. The average Bonchev–Trinajstić information content (AvgIpc) is 3.00.